The Labute approximate surface area is 174 Å². The molecule has 158 valence electrons. The highest BCUT2D eigenvalue weighted by Crippen LogP contribution is 2.40. The molecule has 1 atom stereocenters. The van der Waals surface area contributed by atoms with Gasteiger partial charge in [-0.25, -0.2) is 0 Å². The average molecular weight is 432 g/mol. The van der Waals surface area contributed by atoms with E-state index in [9.17, 15) is 13.6 Å². The summed E-state index contributed by atoms with van der Waals surface area (Å²) in [5, 5.41) is 0.127. The maximum atomic E-state index is 13.1. The van der Waals surface area contributed by atoms with Crippen LogP contribution in [0.25, 0.3) is 0 Å². The molecule has 0 bridgehead atoms. The molecule has 6 nitrogen and oxygen atoms in total. The van der Waals surface area contributed by atoms with E-state index in [2.05, 4.69) is 0 Å². The summed E-state index contributed by atoms with van der Waals surface area (Å²) in [7, 11) is 1.40. The Kier molecular flexibility index (Phi) is 9.05. The second kappa shape index (κ2) is 10.8. The van der Waals surface area contributed by atoms with Crippen LogP contribution < -0.4 is 0 Å². The van der Waals surface area contributed by atoms with Crippen molar-refractivity contribution >= 4 is 28.5 Å². The molecule has 1 aromatic carbocycles. The minimum atomic E-state index is -2.36. The number of ether oxygens (including phenoxy) is 3. The predicted molar refractivity (Wildman–Crippen MR) is 107 cm³/mol. The summed E-state index contributed by atoms with van der Waals surface area (Å²) in [5.74, 6) is -2.08. The summed E-state index contributed by atoms with van der Waals surface area (Å²) < 4.78 is 39.8. The van der Waals surface area contributed by atoms with Gasteiger partial charge in [0, 0.05) is 37.6 Å². The van der Waals surface area contributed by atoms with E-state index in [-0.39, 0.29) is 41.3 Å². The number of ketones is 1. The van der Waals surface area contributed by atoms with Crippen LogP contribution in [0.15, 0.2) is 12.1 Å². The third-order valence-electron chi connectivity index (χ3n) is 4.99. The van der Waals surface area contributed by atoms with Gasteiger partial charge in [-0.3, -0.25) is 9.00 Å². The number of Topliss-reactive ketones (excluding diaryl/α,β-unsaturated/α-hetero) is 1. The Morgan fingerprint density at radius 3 is 2.32 bits per heavy atom. The summed E-state index contributed by atoms with van der Waals surface area (Å²) in [6.07, 6.45) is 4.85. The summed E-state index contributed by atoms with van der Waals surface area (Å²) in [6.45, 7) is 4.02. The van der Waals surface area contributed by atoms with Gasteiger partial charge < -0.3 is 18.8 Å². The molecule has 0 aliphatic heterocycles. The van der Waals surface area contributed by atoms with Crippen LogP contribution in [0.5, 0.6) is 0 Å². The highest BCUT2D eigenvalue weighted by atomic mass is 35.5. The molecular weight excluding hydrogens is 404 g/mol. The van der Waals surface area contributed by atoms with Crippen LogP contribution in [0, 0.1) is 5.92 Å². The normalized spacial score (nSPS) is 16.9. The number of rotatable bonds is 10. The first kappa shape index (κ1) is 23.4. The number of benzene rings is 1. The fourth-order valence-corrected chi connectivity index (χ4v) is 4.64. The van der Waals surface area contributed by atoms with Gasteiger partial charge in [0.05, 0.1) is 10.6 Å². The molecule has 1 saturated carbocycles. The molecule has 1 fully saturated rings. The second-order valence-corrected chi connectivity index (χ2v) is 8.01. The maximum absolute atomic E-state index is 13.1. The topological polar surface area (TPSA) is 84.9 Å². The first-order chi connectivity index (χ1) is 13.4. The van der Waals surface area contributed by atoms with Crippen LogP contribution in [-0.4, -0.2) is 34.9 Å². The summed E-state index contributed by atoms with van der Waals surface area (Å²) in [4.78, 5) is 13.1. The van der Waals surface area contributed by atoms with E-state index in [0.29, 0.717) is 11.1 Å². The molecule has 0 radical (unpaired) electrons. The van der Waals surface area contributed by atoms with Crippen molar-refractivity contribution in [3.63, 3.8) is 0 Å². The van der Waals surface area contributed by atoms with Crippen LogP contribution in [0.3, 0.4) is 0 Å². The first-order valence-electron chi connectivity index (χ1n) is 9.65. The average Bonchev–Trinajstić information content (AvgIpc) is 2.68. The van der Waals surface area contributed by atoms with Crippen LogP contribution in [0.2, 0.25) is 5.02 Å². The van der Waals surface area contributed by atoms with Gasteiger partial charge in [-0.1, -0.05) is 48.0 Å². The standard InChI is InChI=1S/C20H29ClO6S/c1-4-26-20(25-3,27-5-2)17-15(13-28(23)24)11-12-16(18(17)21)19(22)14-9-7-6-8-10-14/h11-12,14H,4-10,13H2,1-3H3,(H,23,24)/p-1. The number of halogens is 1. The van der Waals surface area contributed by atoms with Gasteiger partial charge in [0.2, 0.25) is 0 Å². The fourth-order valence-electron chi connectivity index (χ4n) is 3.76. The monoisotopic (exact) mass is 431 g/mol. The van der Waals surface area contributed by atoms with Gasteiger partial charge >= 0.3 is 5.97 Å². The van der Waals surface area contributed by atoms with Crippen molar-refractivity contribution < 1.29 is 27.8 Å². The first-order valence-corrected chi connectivity index (χ1v) is 11.3. The Bertz CT molecular complexity index is 696. The number of carbonyl (C=O) groups is 1. The Morgan fingerprint density at radius 2 is 1.82 bits per heavy atom. The maximum Gasteiger partial charge on any atom is 0.313 e. The molecule has 1 unspecified atom stereocenters. The largest absolute Gasteiger partial charge is 0.772 e. The predicted octanol–water partition coefficient (Wildman–Crippen LogP) is 4.31. The van der Waals surface area contributed by atoms with Crippen molar-refractivity contribution in [3.05, 3.63) is 33.8 Å². The van der Waals surface area contributed by atoms with Crippen molar-refractivity contribution in [1.29, 1.82) is 0 Å². The van der Waals surface area contributed by atoms with Crippen molar-refractivity contribution in [2.24, 2.45) is 5.92 Å². The van der Waals surface area contributed by atoms with Gasteiger partial charge in [0.1, 0.15) is 0 Å². The second-order valence-electron chi connectivity index (χ2n) is 6.73. The van der Waals surface area contributed by atoms with E-state index in [1.165, 1.54) is 7.11 Å². The molecule has 0 amide bonds. The number of hydrogen-bond acceptors (Lipinski definition) is 6. The van der Waals surface area contributed by atoms with Crippen molar-refractivity contribution in [2.45, 2.75) is 57.7 Å². The molecule has 1 aromatic rings. The molecule has 0 saturated heterocycles. The minimum Gasteiger partial charge on any atom is -0.772 e. The van der Waals surface area contributed by atoms with E-state index in [1.54, 1.807) is 26.0 Å². The molecule has 0 spiro atoms. The highest BCUT2D eigenvalue weighted by Gasteiger charge is 2.40. The van der Waals surface area contributed by atoms with Crippen molar-refractivity contribution in [2.75, 3.05) is 20.3 Å². The van der Waals surface area contributed by atoms with Gasteiger partial charge in [-0.15, -0.1) is 0 Å². The zero-order chi connectivity index (χ0) is 20.7. The van der Waals surface area contributed by atoms with E-state index in [4.69, 9.17) is 25.8 Å². The molecule has 0 heterocycles. The fraction of sp³-hybridized carbons (Fsp3) is 0.650. The summed E-state index contributed by atoms with van der Waals surface area (Å²) >= 11 is 4.32. The Balaban J connectivity index is 2.61. The summed E-state index contributed by atoms with van der Waals surface area (Å²) in [6, 6.07) is 3.20. The lowest BCUT2D eigenvalue weighted by Gasteiger charge is -2.34. The van der Waals surface area contributed by atoms with Gasteiger partial charge in [0.15, 0.2) is 5.78 Å². The number of methoxy groups -OCH3 is 1. The molecule has 8 heteroatoms. The minimum absolute atomic E-state index is 0.0289. The molecule has 28 heavy (non-hydrogen) atoms. The van der Waals surface area contributed by atoms with E-state index >= 15 is 0 Å². The molecule has 0 aromatic heterocycles. The van der Waals surface area contributed by atoms with E-state index in [0.717, 1.165) is 32.1 Å². The van der Waals surface area contributed by atoms with E-state index < -0.39 is 17.1 Å². The third kappa shape index (κ3) is 5.20. The van der Waals surface area contributed by atoms with Gasteiger partial charge in [-0.2, -0.15) is 0 Å². The lowest BCUT2D eigenvalue weighted by atomic mass is 9.83. The molecule has 1 aliphatic carbocycles. The zero-order valence-corrected chi connectivity index (χ0v) is 18.2. The van der Waals surface area contributed by atoms with Crippen LogP contribution >= 0.6 is 11.6 Å². The number of carbonyl (C=O) groups excluding carboxylic acids is 1. The van der Waals surface area contributed by atoms with Crippen molar-refractivity contribution in [3.8, 4) is 0 Å². The van der Waals surface area contributed by atoms with Crippen LogP contribution in [0.1, 0.15) is 67.4 Å². The molecule has 2 rings (SSSR count). The lowest BCUT2D eigenvalue weighted by molar-refractivity contribution is -0.381. The Morgan fingerprint density at radius 1 is 1.21 bits per heavy atom. The quantitative estimate of drug-likeness (QED) is 0.311. The molecule has 0 N–H and O–H groups in total. The van der Waals surface area contributed by atoms with E-state index in [1.807, 2.05) is 0 Å². The van der Waals surface area contributed by atoms with Crippen LogP contribution in [-0.2, 0) is 37.0 Å². The zero-order valence-electron chi connectivity index (χ0n) is 16.6. The SMILES string of the molecule is CCOC(OC)(OCC)c1c(CS(=O)[O-])ccc(C(=O)C2CCCCC2)c1Cl. The third-order valence-corrected chi connectivity index (χ3v) is 5.93. The van der Waals surface area contributed by atoms with Gasteiger partial charge in [-0.05, 0) is 38.3 Å². The molecule has 1 aliphatic rings. The number of hydrogen-bond donors (Lipinski definition) is 0. The smallest absolute Gasteiger partial charge is 0.313 e. The Hall–Kier alpha value is -0.830. The lowest BCUT2D eigenvalue weighted by Crippen LogP contribution is -2.37. The van der Waals surface area contributed by atoms with Crippen molar-refractivity contribution in [1.82, 2.24) is 0 Å². The highest BCUT2D eigenvalue weighted by molar-refractivity contribution is 7.78. The van der Waals surface area contributed by atoms with Gasteiger partial charge in [0.25, 0.3) is 0 Å². The summed E-state index contributed by atoms with van der Waals surface area (Å²) in [5.41, 5.74) is 0.971. The van der Waals surface area contributed by atoms with Crippen LogP contribution in [0.4, 0.5) is 0 Å². The molecular formula is C20H28ClO6S-.